The van der Waals surface area contributed by atoms with Gasteiger partial charge < -0.3 is 10.6 Å². The number of rotatable bonds is 3. The summed E-state index contributed by atoms with van der Waals surface area (Å²) in [4.78, 5) is 11.1. The monoisotopic (exact) mass is 166 g/mol. The molecule has 0 bridgehead atoms. The summed E-state index contributed by atoms with van der Waals surface area (Å²) in [5.41, 5.74) is 0. The van der Waals surface area contributed by atoms with Gasteiger partial charge in [0.15, 0.2) is 0 Å². The van der Waals surface area contributed by atoms with Crippen LogP contribution in [0.3, 0.4) is 0 Å². The molecular formula is C9H14N2O. The summed E-state index contributed by atoms with van der Waals surface area (Å²) in [6.07, 6.45) is 7.84. The van der Waals surface area contributed by atoms with Crippen molar-refractivity contribution >= 4 is 5.91 Å². The molecule has 1 aliphatic heterocycles. The maximum absolute atomic E-state index is 11.1. The van der Waals surface area contributed by atoms with Crippen molar-refractivity contribution in [2.24, 2.45) is 0 Å². The van der Waals surface area contributed by atoms with Crippen LogP contribution in [0.1, 0.15) is 19.3 Å². The van der Waals surface area contributed by atoms with Crippen LogP contribution in [0.15, 0.2) is 0 Å². The zero-order chi connectivity index (χ0) is 8.81. The van der Waals surface area contributed by atoms with E-state index in [2.05, 4.69) is 16.6 Å². The molecule has 2 N–H and O–H groups in total. The molecule has 1 fully saturated rings. The number of hydrogen-bond acceptors (Lipinski definition) is 2. The van der Waals surface area contributed by atoms with Gasteiger partial charge in [-0.05, 0) is 19.4 Å². The Balaban J connectivity index is 2.13. The average Bonchev–Trinajstić information content (AvgIpc) is 2.53. The summed E-state index contributed by atoms with van der Waals surface area (Å²) in [6, 6.07) is 0.364. The minimum absolute atomic E-state index is 0.0485. The van der Waals surface area contributed by atoms with E-state index < -0.39 is 0 Å². The highest BCUT2D eigenvalue weighted by Crippen LogP contribution is 2.07. The van der Waals surface area contributed by atoms with E-state index in [1.54, 1.807) is 0 Å². The molecular weight excluding hydrogens is 152 g/mol. The normalized spacial score (nSPS) is 21.8. The minimum Gasteiger partial charge on any atom is -0.345 e. The van der Waals surface area contributed by atoms with Crippen LogP contribution < -0.4 is 10.6 Å². The SMILES string of the molecule is C#CCNC(=O)CC1CCCN1. The number of carbonyl (C=O) groups is 1. The lowest BCUT2D eigenvalue weighted by Crippen LogP contribution is -2.31. The maximum Gasteiger partial charge on any atom is 0.222 e. The Morgan fingerprint density at radius 1 is 1.75 bits per heavy atom. The number of hydrogen-bond donors (Lipinski definition) is 2. The largest absolute Gasteiger partial charge is 0.345 e. The fourth-order valence-electron chi connectivity index (χ4n) is 1.38. The zero-order valence-electron chi connectivity index (χ0n) is 7.10. The summed E-state index contributed by atoms with van der Waals surface area (Å²) in [7, 11) is 0. The van der Waals surface area contributed by atoms with E-state index in [9.17, 15) is 4.79 Å². The number of terminal acetylenes is 1. The second-order valence-corrected chi connectivity index (χ2v) is 2.98. The summed E-state index contributed by atoms with van der Waals surface area (Å²) < 4.78 is 0. The third-order valence-corrected chi connectivity index (χ3v) is 1.98. The Labute approximate surface area is 72.9 Å². The topological polar surface area (TPSA) is 41.1 Å². The van der Waals surface area contributed by atoms with Crippen LogP contribution in [0.2, 0.25) is 0 Å². The molecule has 3 nitrogen and oxygen atoms in total. The molecule has 0 aliphatic carbocycles. The molecule has 1 amide bonds. The van der Waals surface area contributed by atoms with E-state index in [0.29, 0.717) is 19.0 Å². The molecule has 1 aliphatic rings. The second-order valence-electron chi connectivity index (χ2n) is 2.98. The highest BCUT2D eigenvalue weighted by Gasteiger charge is 2.16. The third kappa shape index (κ3) is 2.93. The molecule has 0 aromatic heterocycles. The van der Waals surface area contributed by atoms with E-state index in [-0.39, 0.29) is 5.91 Å². The van der Waals surface area contributed by atoms with Crippen molar-refractivity contribution in [3.8, 4) is 12.3 Å². The van der Waals surface area contributed by atoms with Gasteiger partial charge >= 0.3 is 0 Å². The van der Waals surface area contributed by atoms with Crippen LogP contribution in [-0.4, -0.2) is 25.0 Å². The van der Waals surface area contributed by atoms with Gasteiger partial charge in [-0.3, -0.25) is 4.79 Å². The van der Waals surface area contributed by atoms with Crippen LogP contribution in [0, 0.1) is 12.3 Å². The van der Waals surface area contributed by atoms with Gasteiger partial charge in [-0.15, -0.1) is 6.42 Å². The molecule has 0 saturated carbocycles. The summed E-state index contributed by atoms with van der Waals surface area (Å²) >= 11 is 0. The predicted molar refractivity (Wildman–Crippen MR) is 47.5 cm³/mol. The van der Waals surface area contributed by atoms with Crippen molar-refractivity contribution in [3.63, 3.8) is 0 Å². The first-order chi connectivity index (χ1) is 5.83. The lowest BCUT2D eigenvalue weighted by Gasteiger charge is -2.08. The minimum atomic E-state index is 0.0485. The number of carbonyl (C=O) groups excluding carboxylic acids is 1. The lowest BCUT2D eigenvalue weighted by atomic mass is 10.1. The highest BCUT2D eigenvalue weighted by molar-refractivity contribution is 5.76. The highest BCUT2D eigenvalue weighted by atomic mass is 16.1. The van der Waals surface area contributed by atoms with E-state index in [0.717, 1.165) is 13.0 Å². The lowest BCUT2D eigenvalue weighted by molar-refractivity contribution is -0.121. The molecule has 1 saturated heterocycles. The second kappa shape index (κ2) is 4.78. The van der Waals surface area contributed by atoms with Crippen molar-refractivity contribution in [3.05, 3.63) is 0 Å². The van der Waals surface area contributed by atoms with E-state index in [4.69, 9.17) is 6.42 Å². The fraction of sp³-hybridized carbons (Fsp3) is 0.667. The van der Waals surface area contributed by atoms with Gasteiger partial charge in [-0.25, -0.2) is 0 Å². The third-order valence-electron chi connectivity index (χ3n) is 1.98. The summed E-state index contributed by atoms with van der Waals surface area (Å²) in [5, 5.41) is 5.90. The molecule has 66 valence electrons. The van der Waals surface area contributed by atoms with Gasteiger partial charge in [0, 0.05) is 12.5 Å². The molecule has 0 aromatic carbocycles. The van der Waals surface area contributed by atoms with Crippen LogP contribution in [0.4, 0.5) is 0 Å². The average molecular weight is 166 g/mol. The van der Waals surface area contributed by atoms with E-state index in [1.165, 1.54) is 6.42 Å². The Bertz CT molecular complexity index is 189. The van der Waals surface area contributed by atoms with Crippen molar-refractivity contribution in [2.45, 2.75) is 25.3 Å². The van der Waals surface area contributed by atoms with Gasteiger partial charge in [0.05, 0.1) is 6.54 Å². The van der Waals surface area contributed by atoms with Crippen molar-refractivity contribution in [1.29, 1.82) is 0 Å². The Kier molecular flexibility index (Phi) is 3.62. The van der Waals surface area contributed by atoms with Crippen molar-refractivity contribution < 1.29 is 4.79 Å². The molecule has 3 heteroatoms. The van der Waals surface area contributed by atoms with Gasteiger partial charge in [-0.2, -0.15) is 0 Å². The molecule has 0 radical (unpaired) electrons. The van der Waals surface area contributed by atoms with Crippen LogP contribution in [-0.2, 0) is 4.79 Å². The quantitative estimate of drug-likeness (QED) is 0.574. The molecule has 1 atom stereocenters. The van der Waals surface area contributed by atoms with Gasteiger partial charge in [0.25, 0.3) is 0 Å². The van der Waals surface area contributed by atoms with E-state index >= 15 is 0 Å². The van der Waals surface area contributed by atoms with Crippen molar-refractivity contribution in [1.82, 2.24) is 10.6 Å². The first-order valence-corrected chi connectivity index (χ1v) is 4.26. The molecule has 1 heterocycles. The zero-order valence-corrected chi connectivity index (χ0v) is 7.10. The van der Waals surface area contributed by atoms with Crippen LogP contribution in [0.5, 0.6) is 0 Å². The summed E-state index contributed by atoms with van der Waals surface area (Å²) in [5.74, 6) is 2.42. The smallest absolute Gasteiger partial charge is 0.222 e. The van der Waals surface area contributed by atoms with Crippen LogP contribution >= 0.6 is 0 Å². The first kappa shape index (κ1) is 9.08. The Morgan fingerprint density at radius 2 is 2.58 bits per heavy atom. The fourth-order valence-corrected chi connectivity index (χ4v) is 1.38. The van der Waals surface area contributed by atoms with Crippen molar-refractivity contribution in [2.75, 3.05) is 13.1 Å². The molecule has 1 unspecified atom stereocenters. The van der Waals surface area contributed by atoms with Gasteiger partial charge in [-0.1, -0.05) is 5.92 Å². The predicted octanol–water partition coefficient (Wildman–Crippen LogP) is -0.122. The summed E-state index contributed by atoms with van der Waals surface area (Å²) in [6.45, 7) is 1.37. The molecule has 0 aromatic rings. The Morgan fingerprint density at radius 3 is 3.17 bits per heavy atom. The molecule has 12 heavy (non-hydrogen) atoms. The standard InChI is InChI=1S/C9H14N2O/c1-2-5-11-9(12)7-8-4-3-6-10-8/h1,8,10H,3-7H2,(H,11,12). The number of amides is 1. The molecule has 1 rings (SSSR count). The van der Waals surface area contributed by atoms with Gasteiger partial charge in [0.1, 0.15) is 0 Å². The first-order valence-electron chi connectivity index (χ1n) is 4.26. The van der Waals surface area contributed by atoms with E-state index in [1.807, 2.05) is 0 Å². The van der Waals surface area contributed by atoms with Gasteiger partial charge in [0.2, 0.25) is 5.91 Å². The molecule has 0 spiro atoms. The number of nitrogens with one attached hydrogen (secondary N) is 2. The van der Waals surface area contributed by atoms with Crippen LogP contribution in [0.25, 0.3) is 0 Å². The Hall–Kier alpha value is -1.01. The maximum atomic E-state index is 11.1.